The minimum absolute atomic E-state index is 0.0256. The summed E-state index contributed by atoms with van der Waals surface area (Å²) >= 11 is 5.97. The molecular formula is C15H21ClN2O4S2. The van der Waals surface area contributed by atoms with Gasteiger partial charge < -0.3 is 0 Å². The van der Waals surface area contributed by atoms with Crippen LogP contribution in [-0.2, 0) is 19.9 Å². The molecule has 0 bridgehead atoms. The van der Waals surface area contributed by atoms with Crippen molar-refractivity contribution in [3.63, 3.8) is 0 Å². The summed E-state index contributed by atoms with van der Waals surface area (Å²) in [6, 6.07) is 4.75. The number of hydrogen-bond donors (Lipinski definition) is 0. The number of halogens is 1. The maximum Gasteiger partial charge on any atom is 0.243 e. The van der Waals surface area contributed by atoms with Gasteiger partial charge in [-0.25, -0.2) is 16.8 Å². The zero-order valence-electron chi connectivity index (χ0n) is 13.5. The van der Waals surface area contributed by atoms with Gasteiger partial charge in [0.15, 0.2) is 9.84 Å². The van der Waals surface area contributed by atoms with E-state index in [9.17, 15) is 16.8 Å². The fourth-order valence-electron chi connectivity index (χ4n) is 3.30. The lowest BCUT2D eigenvalue weighted by molar-refractivity contribution is 0.148. The SMILES string of the molecule is Cc1cc(S(=O)(=O)N2CCN(C3CCS(=O)(=O)C3)CC2)ccc1Cl. The molecule has 2 fully saturated rings. The quantitative estimate of drug-likeness (QED) is 0.771. The highest BCUT2D eigenvalue weighted by Crippen LogP contribution is 2.25. The van der Waals surface area contributed by atoms with Crippen molar-refractivity contribution in [1.29, 1.82) is 0 Å². The number of nitrogens with zero attached hydrogens (tertiary/aromatic N) is 2. The zero-order valence-corrected chi connectivity index (χ0v) is 15.9. The molecule has 0 saturated carbocycles. The Bertz CT molecular complexity index is 831. The minimum Gasteiger partial charge on any atom is -0.297 e. The van der Waals surface area contributed by atoms with Crippen LogP contribution in [0.4, 0.5) is 0 Å². The van der Waals surface area contributed by atoms with Crippen LogP contribution in [0.25, 0.3) is 0 Å². The van der Waals surface area contributed by atoms with Gasteiger partial charge in [-0.3, -0.25) is 4.90 Å². The summed E-state index contributed by atoms with van der Waals surface area (Å²) in [4.78, 5) is 2.35. The highest BCUT2D eigenvalue weighted by molar-refractivity contribution is 7.91. The Morgan fingerprint density at radius 1 is 1.17 bits per heavy atom. The van der Waals surface area contributed by atoms with E-state index in [-0.39, 0.29) is 22.4 Å². The van der Waals surface area contributed by atoms with Crippen LogP contribution in [0.3, 0.4) is 0 Å². The van der Waals surface area contributed by atoms with Crippen molar-refractivity contribution in [2.24, 2.45) is 0 Å². The van der Waals surface area contributed by atoms with E-state index in [2.05, 4.69) is 4.90 Å². The second kappa shape index (κ2) is 6.57. The van der Waals surface area contributed by atoms with E-state index in [0.29, 0.717) is 37.6 Å². The summed E-state index contributed by atoms with van der Waals surface area (Å²) in [5, 5.41) is 0.543. The molecule has 2 saturated heterocycles. The van der Waals surface area contributed by atoms with Crippen molar-refractivity contribution in [1.82, 2.24) is 9.21 Å². The molecule has 134 valence electrons. The number of piperazine rings is 1. The van der Waals surface area contributed by atoms with E-state index < -0.39 is 19.9 Å². The van der Waals surface area contributed by atoms with Gasteiger partial charge in [0.2, 0.25) is 10.0 Å². The molecule has 1 atom stereocenters. The average Bonchev–Trinajstić information content (AvgIpc) is 2.90. The van der Waals surface area contributed by atoms with Gasteiger partial charge in [-0.1, -0.05) is 11.6 Å². The summed E-state index contributed by atoms with van der Waals surface area (Å²) in [6.45, 7) is 3.65. The molecule has 1 unspecified atom stereocenters. The molecular weight excluding hydrogens is 372 g/mol. The van der Waals surface area contributed by atoms with Crippen LogP contribution in [0.1, 0.15) is 12.0 Å². The van der Waals surface area contributed by atoms with Crippen LogP contribution in [0, 0.1) is 6.92 Å². The van der Waals surface area contributed by atoms with Crippen molar-refractivity contribution >= 4 is 31.5 Å². The standard InChI is InChI=1S/C15H21ClN2O4S2/c1-12-10-14(2-3-15(12)16)24(21,22)18-7-5-17(6-8-18)13-4-9-23(19,20)11-13/h2-3,10,13H,4-9,11H2,1H3. The van der Waals surface area contributed by atoms with Gasteiger partial charge >= 0.3 is 0 Å². The van der Waals surface area contributed by atoms with Gasteiger partial charge in [0.25, 0.3) is 0 Å². The van der Waals surface area contributed by atoms with Crippen molar-refractivity contribution in [3.05, 3.63) is 28.8 Å². The molecule has 2 aliphatic rings. The van der Waals surface area contributed by atoms with Crippen molar-refractivity contribution in [2.75, 3.05) is 37.7 Å². The van der Waals surface area contributed by atoms with Crippen molar-refractivity contribution in [2.45, 2.75) is 24.3 Å². The van der Waals surface area contributed by atoms with E-state index in [1.165, 1.54) is 10.4 Å². The van der Waals surface area contributed by atoms with Gasteiger partial charge in [0.05, 0.1) is 16.4 Å². The van der Waals surface area contributed by atoms with Crippen LogP contribution in [0.5, 0.6) is 0 Å². The van der Waals surface area contributed by atoms with E-state index in [0.717, 1.165) is 5.56 Å². The van der Waals surface area contributed by atoms with Crippen molar-refractivity contribution in [3.8, 4) is 0 Å². The minimum atomic E-state index is -3.54. The molecule has 2 heterocycles. The van der Waals surface area contributed by atoms with Gasteiger partial charge in [-0.05, 0) is 37.1 Å². The molecule has 2 aliphatic heterocycles. The van der Waals surface area contributed by atoms with Gasteiger partial charge in [0, 0.05) is 37.2 Å². The number of rotatable bonds is 3. The third-order valence-electron chi connectivity index (χ3n) is 4.77. The lowest BCUT2D eigenvalue weighted by Crippen LogP contribution is -2.52. The first kappa shape index (κ1) is 18.1. The molecule has 0 amide bonds. The number of hydrogen-bond acceptors (Lipinski definition) is 5. The maximum atomic E-state index is 12.8. The molecule has 1 aromatic rings. The molecule has 0 aromatic heterocycles. The summed E-state index contributed by atoms with van der Waals surface area (Å²) in [5.41, 5.74) is 0.729. The molecule has 1 aromatic carbocycles. The summed E-state index contributed by atoms with van der Waals surface area (Å²) < 4.78 is 50.2. The Hall–Kier alpha value is -0.670. The average molecular weight is 393 g/mol. The Labute approximate surface area is 148 Å². The first-order chi connectivity index (χ1) is 11.2. The molecule has 6 nitrogen and oxygen atoms in total. The third-order valence-corrected chi connectivity index (χ3v) is 8.83. The highest BCUT2D eigenvalue weighted by Gasteiger charge is 2.36. The first-order valence-corrected chi connectivity index (χ1v) is 11.5. The normalized spacial score (nSPS) is 25.8. The fraction of sp³-hybridized carbons (Fsp3) is 0.600. The van der Waals surface area contributed by atoms with Crippen LogP contribution >= 0.6 is 11.6 Å². The number of sulfone groups is 1. The Morgan fingerprint density at radius 2 is 1.83 bits per heavy atom. The molecule has 24 heavy (non-hydrogen) atoms. The first-order valence-electron chi connectivity index (χ1n) is 7.90. The zero-order chi connectivity index (χ0) is 17.5. The molecule has 0 spiro atoms. The summed E-state index contributed by atoms with van der Waals surface area (Å²) in [6.07, 6.45) is 0.644. The van der Waals surface area contributed by atoms with Crippen LogP contribution in [0.2, 0.25) is 5.02 Å². The van der Waals surface area contributed by atoms with E-state index in [1.54, 1.807) is 19.1 Å². The predicted molar refractivity (Wildman–Crippen MR) is 93.6 cm³/mol. The third kappa shape index (κ3) is 3.62. The van der Waals surface area contributed by atoms with Crippen LogP contribution in [0.15, 0.2) is 23.1 Å². The van der Waals surface area contributed by atoms with Crippen molar-refractivity contribution < 1.29 is 16.8 Å². The predicted octanol–water partition coefficient (Wildman–Crippen LogP) is 1.14. The van der Waals surface area contributed by atoms with E-state index in [1.807, 2.05) is 0 Å². The largest absolute Gasteiger partial charge is 0.297 e. The molecule has 0 aliphatic carbocycles. The molecule has 0 radical (unpaired) electrons. The Morgan fingerprint density at radius 3 is 2.38 bits per heavy atom. The summed E-state index contributed by atoms with van der Waals surface area (Å²) in [7, 11) is -6.47. The molecule has 9 heteroatoms. The van der Waals surface area contributed by atoms with E-state index in [4.69, 9.17) is 11.6 Å². The van der Waals surface area contributed by atoms with Gasteiger partial charge in [-0.2, -0.15) is 4.31 Å². The Kier molecular flexibility index (Phi) is 4.96. The second-order valence-electron chi connectivity index (χ2n) is 6.41. The lowest BCUT2D eigenvalue weighted by atomic mass is 10.2. The molecule has 3 rings (SSSR count). The monoisotopic (exact) mass is 392 g/mol. The summed E-state index contributed by atoms with van der Waals surface area (Å²) in [5.74, 6) is 0.427. The number of benzene rings is 1. The number of aryl methyl sites for hydroxylation is 1. The van der Waals surface area contributed by atoms with Crippen LogP contribution < -0.4 is 0 Å². The smallest absolute Gasteiger partial charge is 0.243 e. The topological polar surface area (TPSA) is 74.8 Å². The highest BCUT2D eigenvalue weighted by atomic mass is 35.5. The van der Waals surface area contributed by atoms with Gasteiger partial charge in [0.1, 0.15) is 0 Å². The fourth-order valence-corrected chi connectivity index (χ4v) is 6.69. The van der Waals surface area contributed by atoms with Crippen LogP contribution in [-0.4, -0.2) is 69.8 Å². The Balaban J connectivity index is 1.68. The lowest BCUT2D eigenvalue weighted by Gasteiger charge is -2.37. The number of sulfonamides is 1. The second-order valence-corrected chi connectivity index (χ2v) is 11.0. The molecule has 0 N–H and O–H groups in total. The van der Waals surface area contributed by atoms with Gasteiger partial charge in [-0.15, -0.1) is 0 Å². The maximum absolute atomic E-state index is 12.8. The van der Waals surface area contributed by atoms with E-state index >= 15 is 0 Å².